The molecule has 5 heteroatoms. The summed E-state index contributed by atoms with van der Waals surface area (Å²) in [6.45, 7) is 1.37. The van der Waals surface area contributed by atoms with Crippen LogP contribution in [0.15, 0.2) is 48.5 Å². The zero-order valence-corrected chi connectivity index (χ0v) is 15.2. The Hall–Kier alpha value is -2.30. The van der Waals surface area contributed by atoms with Gasteiger partial charge >= 0.3 is 0 Å². The van der Waals surface area contributed by atoms with Crippen LogP contribution in [0.1, 0.15) is 18.4 Å². The molecule has 0 radical (unpaired) electrons. The molecule has 2 N–H and O–H groups in total. The second-order valence-corrected chi connectivity index (χ2v) is 7.07. The van der Waals surface area contributed by atoms with E-state index in [4.69, 9.17) is 26.8 Å². The van der Waals surface area contributed by atoms with Gasteiger partial charge in [-0.2, -0.15) is 0 Å². The van der Waals surface area contributed by atoms with Crippen LogP contribution in [0.3, 0.4) is 0 Å². The summed E-state index contributed by atoms with van der Waals surface area (Å²) < 4.78 is 11.6. The molecule has 0 atom stereocenters. The highest BCUT2D eigenvalue weighted by atomic mass is 35.5. The molecule has 0 bridgehead atoms. The monoisotopic (exact) mass is 368 g/mol. The van der Waals surface area contributed by atoms with E-state index in [0.29, 0.717) is 34.9 Å². The summed E-state index contributed by atoms with van der Waals surface area (Å²) in [5.41, 5.74) is 7.72. The third-order valence-electron chi connectivity index (χ3n) is 4.46. The van der Waals surface area contributed by atoms with Gasteiger partial charge in [0.1, 0.15) is 11.5 Å². The summed E-state index contributed by atoms with van der Waals surface area (Å²) in [6, 6.07) is 15.5. The fourth-order valence-corrected chi connectivity index (χ4v) is 3.04. The van der Waals surface area contributed by atoms with Crippen LogP contribution in [0.25, 0.3) is 10.9 Å². The first kappa shape index (κ1) is 17.1. The van der Waals surface area contributed by atoms with Gasteiger partial charge < -0.3 is 15.2 Å². The van der Waals surface area contributed by atoms with Gasteiger partial charge in [-0.05, 0) is 67.6 Å². The molecule has 0 spiro atoms. The van der Waals surface area contributed by atoms with Crippen molar-refractivity contribution in [2.75, 3.05) is 13.2 Å². The van der Waals surface area contributed by atoms with Crippen LogP contribution >= 0.6 is 11.6 Å². The van der Waals surface area contributed by atoms with E-state index in [2.05, 4.69) is 17.1 Å². The number of fused-ring (bicyclic) bond motifs is 1. The Labute approximate surface area is 157 Å². The van der Waals surface area contributed by atoms with Crippen LogP contribution in [0.2, 0.25) is 5.02 Å². The maximum Gasteiger partial charge on any atom is 0.219 e. The van der Waals surface area contributed by atoms with Crippen molar-refractivity contribution in [2.24, 2.45) is 11.7 Å². The van der Waals surface area contributed by atoms with Crippen molar-refractivity contribution >= 4 is 22.5 Å². The van der Waals surface area contributed by atoms with E-state index >= 15 is 0 Å². The van der Waals surface area contributed by atoms with Crippen molar-refractivity contribution in [3.8, 4) is 17.4 Å². The van der Waals surface area contributed by atoms with E-state index in [9.17, 15) is 0 Å². The third kappa shape index (κ3) is 4.09. The zero-order chi connectivity index (χ0) is 17.9. The zero-order valence-electron chi connectivity index (χ0n) is 14.5. The first-order valence-corrected chi connectivity index (χ1v) is 9.29. The van der Waals surface area contributed by atoms with Crippen molar-refractivity contribution in [3.63, 3.8) is 0 Å². The van der Waals surface area contributed by atoms with Gasteiger partial charge in [0.05, 0.1) is 17.1 Å². The Morgan fingerprint density at radius 3 is 2.73 bits per heavy atom. The molecule has 4 nitrogen and oxygen atoms in total. The van der Waals surface area contributed by atoms with Crippen LogP contribution in [0, 0.1) is 5.92 Å². The largest absolute Gasteiger partial charge is 0.492 e. The van der Waals surface area contributed by atoms with Crippen molar-refractivity contribution in [3.05, 3.63) is 59.1 Å². The number of nitrogens with two attached hydrogens (primary N) is 1. The molecule has 4 rings (SSSR count). The van der Waals surface area contributed by atoms with Gasteiger partial charge in [-0.1, -0.05) is 17.7 Å². The van der Waals surface area contributed by atoms with Gasteiger partial charge in [-0.25, -0.2) is 4.98 Å². The van der Waals surface area contributed by atoms with E-state index in [-0.39, 0.29) is 0 Å². The molecule has 3 aromatic rings. The molecule has 0 aliphatic heterocycles. The summed E-state index contributed by atoms with van der Waals surface area (Å²) in [5, 5.41) is 1.63. The lowest BCUT2D eigenvalue weighted by Crippen LogP contribution is -2.02. The number of halogens is 1. The molecular weight excluding hydrogens is 348 g/mol. The third-order valence-corrected chi connectivity index (χ3v) is 4.75. The summed E-state index contributed by atoms with van der Waals surface area (Å²) >= 11 is 6.31. The predicted molar refractivity (Wildman–Crippen MR) is 104 cm³/mol. The van der Waals surface area contributed by atoms with Crippen LogP contribution in [-0.2, 0) is 6.42 Å². The number of hydrogen-bond donors (Lipinski definition) is 1. The maximum atomic E-state index is 6.31. The second kappa shape index (κ2) is 7.52. The van der Waals surface area contributed by atoms with Crippen molar-refractivity contribution in [1.29, 1.82) is 0 Å². The minimum absolute atomic E-state index is 0.534. The van der Waals surface area contributed by atoms with E-state index in [1.807, 2.05) is 30.3 Å². The van der Waals surface area contributed by atoms with Gasteiger partial charge in [0.25, 0.3) is 0 Å². The lowest BCUT2D eigenvalue weighted by atomic mass is 10.1. The quantitative estimate of drug-likeness (QED) is 0.639. The van der Waals surface area contributed by atoms with Crippen molar-refractivity contribution in [1.82, 2.24) is 4.98 Å². The molecular formula is C21H21ClN2O2. The molecule has 0 amide bonds. The Morgan fingerprint density at radius 1 is 1.08 bits per heavy atom. The number of ether oxygens (including phenoxy) is 2. The van der Waals surface area contributed by atoms with E-state index in [0.717, 1.165) is 23.9 Å². The lowest BCUT2D eigenvalue weighted by Gasteiger charge is -2.10. The summed E-state index contributed by atoms with van der Waals surface area (Å²) in [6.07, 6.45) is 3.36. The molecule has 2 aromatic carbocycles. The molecule has 1 aliphatic rings. The Balaban J connectivity index is 1.49. The van der Waals surface area contributed by atoms with Gasteiger partial charge in [-0.15, -0.1) is 0 Å². The molecule has 1 aromatic heterocycles. The number of aromatic nitrogens is 1. The SMILES string of the molecule is NCCc1ccc2nc(Oc3ccc(OCC4CC4)c(Cl)c3)ccc2c1. The summed E-state index contributed by atoms with van der Waals surface area (Å²) in [5.74, 6) is 2.56. The van der Waals surface area contributed by atoms with Gasteiger partial charge in [0, 0.05) is 17.5 Å². The lowest BCUT2D eigenvalue weighted by molar-refractivity contribution is 0.299. The number of pyridine rings is 1. The predicted octanol–water partition coefficient (Wildman–Crippen LogP) is 4.97. The van der Waals surface area contributed by atoms with Crippen LogP contribution in [-0.4, -0.2) is 18.1 Å². The van der Waals surface area contributed by atoms with Crippen molar-refractivity contribution in [2.45, 2.75) is 19.3 Å². The highest BCUT2D eigenvalue weighted by molar-refractivity contribution is 6.32. The van der Waals surface area contributed by atoms with E-state index in [1.165, 1.54) is 18.4 Å². The molecule has 1 aliphatic carbocycles. The fourth-order valence-electron chi connectivity index (χ4n) is 2.81. The van der Waals surface area contributed by atoms with Crippen LogP contribution in [0.4, 0.5) is 0 Å². The normalized spacial score (nSPS) is 13.8. The van der Waals surface area contributed by atoms with Gasteiger partial charge in [0.15, 0.2) is 0 Å². The standard InChI is InChI=1S/C21H21ClN2O2/c22-18-12-17(5-7-20(18)25-13-15-1-2-15)26-21-8-4-16-11-14(9-10-23)3-6-19(16)24-21/h3-8,11-12,15H,1-2,9-10,13,23H2. The number of nitrogens with zero attached hydrogens (tertiary/aromatic N) is 1. The number of hydrogen-bond acceptors (Lipinski definition) is 4. The summed E-state index contributed by atoms with van der Waals surface area (Å²) in [4.78, 5) is 4.56. The second-order valence-electron chi connectivity index (χ2n) is 6.66. The number of benzene rings is 2. The maximum absolute atomic E-state index is 6.31. The average molecular weight is 369 g/mol. The first-order chi connectivity index (χ1) is 12.7. The molecule has 1 heterocycles. The Bertz CT molecular complexity index is 925. The molecule has 26 heavy (non-hydrogen) atoms. The molecule has 1 fully saturated rings. The Kier molecular flexibility index (Phi) is 4.96. The fraction of sp³-hybridized carbons (Fsp3) is 0.286. The molecule has 0 saturated heterocycles. The van der Waals surface area contributed by atoms with Crippen molar-refractivity contribution < 1.29 is 9.47 Å². The van der Waals surface area contributed by atoms with E-state index < -0.39 is 0 Å². The van der Waals surface area contributed by atoms with Crippen LogP contribution < -0.4 is 15.2 Å². The molecule has 1 saturated carbocycles. The highest BCUT2D eigenvalue weighted by Gasteiger charge is 2.22. The number of rotatable bonds is 7. The molecule has 0 unspecified atom stereocenters. The minimum Gasteiger partial charge on any atom is -0.492 e. The average Bonchev–Trinajstić information content (AvgIpc) is 3.46. The summed E-state index contributed by atoms with van der Waals surface area (Å²) in [7, 11) is 0. The smallest absolute Gasteiger partial charge is 0.219 e. The highest BCUT2D eigenvalue weighted by Crippen LogP contribution is 2.34. The molecule has 134 valence electrons. The van der Waals surface area contributed by atoms with Gasteiger partial charge in [-0.3, -0.25) is 0 Å². The van der Waals surface area contributed by atoms with Gasteiger partial charge in [0.2, 0.25) is 5.88 Å². The first-order valence-electron chi connectivity index (χ1n) is 8.91. The minimum atomic E-state index is 0.534. The Morgan fingerprint density at radius 2 is 1.96 bits per heavy atom. The van der Waals surface area contributed by atoms with E-state index in [1.54, 1.807) is 6.07 Å². The topological polar surface area (TPSA) is 57.4 Å². The van der Waals surface area contributed by atoms with Crippen LogP contribution in [0.5, 0.6) is 17.4 Å².